The molecule has 0 aliphatic rings. The molecule has 0 fully saturated rings. The number of hydrogen-bond donors (Lipinski definition) is 1. The molecule has 1 N–H and O–H groups in total. The smallest absolute Gasteiger partial charge is 0.295 e. The third kappa shape index (κ3) is 3.27. The number of hydrogen-bond acceptors (Lipinski definition) is 7. The van der Waals surface area contributed by atoms with Crippen LogP contribution in [-0.2, 0) is 0 Å². The number of rotatable bonds is 3. The molecule has 0 saturated carbocycles. The van der Waals surface area contributed by atoms with Crippen LogP contribution in [0.1, 0.15) is 0 Å². The summed E-state index contributed by atoms with van der Waals surface area (Å²) in [6.45, 7) is 0. The van der Waals surface area contributed by atoms with Gasteiger partial charge in [-0.15, -0.1) is 5.10 Å². The predicted molar refractivity (Wildman–Crippen MR) is 118 cm³/mol. The van der Waals surface area contributed by atoms with Gasteiger partial charge in [0.15, 0.2) is 11.5 Å². The Morgan fingerprint density at radius 3 is 2.70 bits per heavy atom. The van der Waals surface area contributed by atoms with Gasteiger partial charge in [0, 0.05) is 32.8 Å². The van der Waals surface area contributed by atoms with Crippen molar-refractivity contribution in [1.82, 2.24) is 29.5 Å². The van der Waals surface area contributed by atoms with E-state index in [0.29, 0.717) is 28.0 Å². The highest BCUT2D eigenvalue weighted by atomic mass is 79.9. The zero-order chi connectivity index (χ0) is 20.7. The monoisotopic (exact) mass is 479 g/mol. The Bertz CT molecular complexity index is 1470. The van der Waals surface area contributed by atoms with Crippen molar-refractivity contribution in [3.8, 4) is 11.4 Å². The van der Waals surface area contributed by atoms with Crippen LogP contribution in [0.3, 0.4) is 0 Å². The summed E-state index contributed by atoms with van der Waals surface area (Å²) in [4.78, 5) is 29.4. The van der Waals surface area contributed by atoms with E-state index in [2.05, 4.69) is 41.3 Å². The molecule has 3 heterocycles. The number of anilines is 2. The fraction of sp³-hybridized carbons (Fsp3) is 0. The number of nitrogens with one attached hydrogen (secondary N) is 1. The van der Waals surface area contributed by atoms with Crippen molar-refractivity contribution < 1.29 is 0 Å². The van der Waals surface area contributed by atoms with Crippen LogP contribution in [0.15, 0.2) is 70.3 Å². The number of fused-ring (bicyclic) bond motifs is 3. The standard InChI is InChI=1S/C20H11BrClN7O/c21-14-3-1-2-13-16(14)26-20(25-15-10-23-8-9-24-19(15)30)29-18(13)27-17(28-29)11-4-6-12(22)7-5-11/h1-10H,(H,24,25,26,30). The van der Waals surface area contributed by atoms with Gasteiger partial charge in [0.05, 0.1) is 11.7 Å². The number of benzene rings is 2. The van der Waals surface area contributed by atoms with Gasteiger partial charge in [-0.05, 0) is 52.3 Å². The van der Waals surface area contributed by atoms with Crippen LogP contribution in [-0.4, -0.2) is 29.5 Å². The molecule has 5 rings (SSSR count). The zero-order valence-corrected chi connectivity index (χ0v) is 17.5. The quantitative estimate of drug-likeness (QED) is 0.412. The van der Waals surface area contributed by atoms with Crippen LogP contribution in [0, 0.1) is 0 Å². The van der Waals surface area contributed by atoms with Crippen LogP contribution < -0.4 is 10.9 Å². The Labute approximate surface area is 182 Å². The van der Waals surface area contributed by atoms with Crippen molar-refractivity contribution >= 4 is 55.7 Å². The first kappa shape index (κ1) is 18.6. The number of para-hydroxylation sites is 1. The summed E-state index contributed by atoms with van der Waals surface area (Å²) in [7, 11) is 0. The molecule has 146 valence electrons. The number of halogens is 2. The minimum absolute atomic E-state index is 0.170. The van der Waals surface area contributed by atoms with E-state index in [9.17, 15) is 4.79 Å². The molecular formula is C20H11BrClN7O. The second-order valence-corrected chi connectivity index (χ2v) is 7.59. The van der Waals surface area contributed by atoms with Gasteiger partial charge in [0.25, 0.3) is 5.56 Å². The van der Waals surface area contributed by atoms with Crippen LogP contribution in [0.4, 0.5) is 11.6 Å². The van der Waals surface area contributed by atoms with Crippen molar-refractivity contribution in [2.24, 2.45) is 0 Å². The van der Waals surface area contributed by atoms with E-state index in [1.54, 1.807) is 16.6 Å². The van der Waals surface area contributed by atoms with Crippen molar-refractivity contribution in [3.63, 3.8) is 0 Å². The summed E-state index contributed by atoms with van der Waals surface area (Å²) in [6, 6.07) is 12.9. The second kappa shape index (κ2) is 7.43. The van der Waals surface area contributed by atoms with Gasteiger partial charge in [-0.25, -0.2) is 15.0 Å². The van der Waals surface area contributed by atoms with Gasteiger partial charge in [-0.3, -0.25) is 9.78 Å². The lowest BCUT2D eigenvalue weighted by atomic mass is 10.2. The maximum atomic E-state index is 12.2. The molecule has 3 aromatic heterocycles. The summed E-state index contributed by atoms with van der Waals surface area (Å²) in [5.74, 6) is 0.810. The first-order valence-corrected chi connectivity index (χ1v) is 9.95. The molecule has 2 aromatic carbocycles. The fourth-order valence-electron chi connectivity index (χ4n) is 2.99. The molecular weight excluding hydrogens is 470 g/mol. The maximum Gasteiger partial charge on any atom is 0.295 e. The molecule has 10 heteroatoms. The van der Waals surface area contributed by atoms with Gasteiger partial charge >= 0.3 is 0 Å². The molecule has 0 unspecified atom stereocenters. The molecule has 8 nitrogen and oxygen atoms in total. The number of nitrogens with zero attached hydrogens (tertiary/aromatic N) is 6. The summed E-state index contributed by atoms with van der Waals surface area (Å²) in [5, 5.41) is 9.04. The van der Waals surface area contributed by atoms with Gasteiger partial charge < -0.3 is 5.32 Å². The first-order valence-electron chi connectivity index (χ1n) is 8.78. The van der Waals surface area contributed by atoms with E-state index in [0.717, 1.165) is 15.4 Å². The van der Waals surface area contributed by atoms with Crippen molar-refractivity contribution in [1.29, 1.82) is 0 Å². The fourth-order valence-corrected chi connectivity index (χ4v) is 3.57. The Morgan fingerprint density at radius 2 is 1.87 bits per heavy atom. The van der Waals surface area contributed by atoms with Crippen LogP contribution in [0.25, 0.3) is 27.9 Å². The summed E-state index contributed by atoms with van der Waals surface area (Å²) >= 11 is 9.54. The molecule has 0 aliphatic heterocycles. The van der Waals surface area contributed by atoms with E-state index in [-0.39, 0.29) is 5.69 Å². The highest BCUT2D eigenvalue weighted by Gasteiger charge is 2.17. The Hall–Kier alpha value is -3.43. The van der Waals surface area contributed by atoms with Gasteiger partial charge in [-0.1, -0.05) is 17.7 Å². The molecule has 0 saturated heterocycles. The topological polar surface area (TPSA) is 98.0 Å². The van der Waals surface area contributed by atoms with Gasteiger partial charge in [0.2, 0.25) is 5.95 Å². The lowest BCUT2D eigenvalue weighted by Gasteiger charge is -2.08. The van der Waals surface area contributed by atoms with E-state index in [4.69, 9.17) is 16.6 Å². The summed E-state index contributed by atoms with van der Waals surface area (Å²) in [5.41, 5.74) is 1.77. The number of aromatic nitrogens is 6. The Balaban J connectivity index is 1.78. The van der Waals surface area contributed by atoms with E-state index < -0.39 is 5.56 Å². The molecule has 0 atom stereocenters. The SMILES string of the molecule is O=c1nccncc1Nc1nc2c(Br)cccc2c2nc(-c3ccc(Cl)cc3)nn12. The largest absolute Gasteiger partial charge is 0.318 e. The van der Waals surface area contributed by atoms with E-state index in [1.165, 1.54) is 18.6 Å². The molecule has 30 heavy (non-hydrogen) atoms. The lowest BCUT2D eigenvalue weighted by Crippen LogP contribution is -2.12. The molecule has 0 aliphatic carbocycles. The third-order valence-electron chi connectivity index (χ3n) is 4.38. The average molecular weight is 481 g/mol. The van der Waals surface area contributed by atoms with Crippen LogP contribution in [0.5, 0.6) is 0 Å². The van der Waals surface area contributed by atoms with Gasteiger partial charge in [-0.2, -0.15) is 4.52 Å². The maximum absolute atomic E-state index is 12.2. The van der Waals surface area contributed by atoms with Crippen molar-refractivity contribution in [3.05, 3.63) is 80.9 Å². The Kier molecular flexibility index (Phi) is 4.61. The Morgan fingerprint density at radius 1 is 1.03 bits per heavy atom. The highest BCUT2D eigenvalue weighted by Crippen LogP contribution is 2.29. The van der Waals surface area contributed by atoms with Gasteiger partial charge in [0.1, 0.15) is 5.69 Å². The minimum atomic E-state index is -0.465. The van der Waals surface area contributed by atoms with E-state index in [1.807, 2.05) is 30.3 Å². The molecule has 0 radical (unpaired) electrons. The molecule has 0 spiro atoms. The first-order chi connectivity index (χ1) is 14.6. The molecule has 5 aromatic rings. The van der Waals surface area contributed by atoms with Crippen LogP contribution >= 0.6 is 27.5 Å². The molecule has 0 bridgehead atoms. The van der Waals surface area contributed by atoms with Crippen molar-refractivity contribution in [2.75, 3.05) is 5.32 Å². The van der Waals surface area contributed by atoms with E-state index >= 15 is 0 Å². The third-order valence-corrected chi connectivity index (χ3v) is 5.27. The molecule has 0 amide bonds. The average Bonchev–Trinajstić information content (AvgIpc) is 3.10. The summed E-state index contributed by atoms with van der Waals surface area (Å²) in [6.07, 6.45) is 4.16. The van der Waals surface area contributed by atoms with Crippen molar-refractivity contribution in [2.45, 2.75) is 0 Å². The highest BCUT2D eigenvalue weighted by molar-refractivity contribution is 9.10. The minimum Gasteiger partial charge on any atom is -0.318 e. The predicted octanol–water partition coefficient (Wildman–Crippen LogP) is 4.25. The normalized spacial score (nSPS) is 11.1. The lowest BCUT2D eigenvalue weighted by molar-refractivity contribution is 0.947. The zero-order valence-electron chi connectivity index (χ0n) is 15.1. The second-order valence-electron chi connectivity index (χ2n) is 6.30. The van der Waals surface area contributed by atoms with Crippen LogP contribution in [0.2, 0.25) is 5.02 Å². The summed E-state index contributed by atoms with van der Waals surface area (Å²) < 4.78 is 2.35.